The summed E-state index contributed by atoms with van der Waals surface area (Å²) in [5.74, 6) is -4.76. The van der Waals surface area contributed by atoms with Gasteiger partial charge in [0.15, 0.2) is 24.5 Å². The molecule has 4 saturated carbocycles. The molecule has 19 atom stereocenters. The summed E-state index contributed by atoms with van der Waals surface area (Å²) in [5.41, 5.74) is -1.86. The number of hydrogen-bond acceptors (Lipinski definition) is 14. The Morgan fingerprint density at radius 3 is 1.97 bits per heavy atom. The average Bonchev–Trinajstić information content (AvgIpc) is 3.13. The zero-order valence-corrected chi connectivity index (χ0v) is 35.3. The largest absolute Gasteiger partial charge is 0.547 e. The van der Waals surface area contributed by atoms with Crippen molar-refractivity contribution >= 4 is 23.7 Å². The molecular weight excluding hydrogens is 774 g/mol. The van der Waals surface area contributed by atoms with Crippen molar-refractivity contribution in [2.75, 3.05) is 0 Å². The maximum atomic E-state index is 14.8. The normalized spacial score (nSPS) is 51.7. The van der Waals surface area contributed by atoms with Gasteiger partial charge in [-0.3, -0.25) is 9.59 Å². The Morgan fingerprint density at radius 2 is 1.36 bits per heavy atom. The SMILES string of the molecule is CC1(C)[C@@H](O[C@H]2O[C@H](C(=O)[O-])[C@@H](O)[C@H](O)[C@H]2OC2O[C@H](C(=O)O)C(O)[C@H](O)[C@H]2O)CC[C@]2(C)[C@H]3C(=O)C=C4[C@@H]5C[C@@](C)(C(=O)O)CC[C@]5(C)CC[C@@]4(C)[C@]3(C)CC[C@@H]12.[NH4+]. The van der Waals surface area contributed by atoms with Gasteiger partial charge in [0.2, 0.25) is 0 Å². The molecule has 5 aliphatic carbocycles. The molecule has 17 nitrogen and oxygen atoms in total. The Bertz CT molecular complexity index is 1740. The Morgan fingerprint density at radius 1 is 0.746 bits per heavy atom. The quantitative estimate of drug-likeness (QED) is 0.168. The Hall–Kier alpha value is -2.58. The average molecular weight is 840 g/mol. The summed E-state index contributed by atoms with van der Waals surface area (Å²) in [4.78, 5) is 51.2. The maximum Gasteiger partial charge on any atom is 0.335 e. The molecule has 0 amide bonds. The van der Waals surface area contributed by atoms with Crippen LogP contribution in [0.3, 0.4) is 0 Å². The van der Waals surface area contributed by atoms with E-state index in [1.54, 1.807) is 0 Å². The highest BCUT2D eigenvalue weighted by molar-refractivity contribution is 5.95. The van der Waals surface area contributed by atoms with Gasteiger partial charge < -0.3 is 70.7 Å². The van der Waals surface area contributed by atoms with Gasteiger partial charge in [-0.1, -0.05) is 47.1 Å². The summed E-state index contributed by atoms with van der Waals surface area (Å²) in [6.45, 7) is 14.8. The number of hydrogen-bond donors (Lipinski definition) is 8. The molecule has 2 aliphatic heterocycles. The van der Waals surface area contributed by atoms with E-state index in [9.17, 15) is 60.0 Å². The number of allylic oxidation sites excluding steroid dienone is 2. The van der Waals surface area contributed by atoms with Crippen molar-refractivity contribution in [3.63, 3.8) is 0 Å². The highest BCUT2D eigenvalue weighted by Gasteiger charge is 2.71. The molecular formula is C42H65NO16. The predicted molar refractivity (Wildman–Crippen MR) is 203 cm³/mol. The third-order valence-corrected chi connectivity index (χ3v) is 17.2. The first-order chi connectivity index (χ1) is 26.8. The van der Waals surface area contributed by atoms with Crippen LogP contribution in [0.15, 0.2) is 11.6 Å². The molecule has 2 heterocycles. The molecule has 334 valence electrons. The molecule has 2 unspecified atom stereocenters. The minimum absolute atomic E-state index is 0. The van der Waals surface area contributed by atoms with E-state index in [0.29, 0.717) is 38.5 Å². The highest BCUT2D eigenvalue weighted by atomic mass is 16.8. The first-order valence-corrected chi connectivity index (χ1v) is 20.7. The van der Waals surface area contributed by atoms with Gasteiger partial charge in [0, 0.05) is 5.92 Å². The molecule has 6 fully saturated rings. The lowest BCUT2D eigenvalue weighted by atomic mass is 9.33. The fraction of sp³-hybridized carbons (Fsp3) is 0.857. The third-order valence-electron chi connectivity index (χ3n) is 17.2. The molecule has 7 rings (SSSR count). The van der Waals surface area contributed by atoms with Crippen LogP contribution < -0.4 is 11.3 Å². The second-order valence-electron chi connectivity index (χ2n) is 20.6. The van der Waals surface area contributed by atoms with Crippen LogP contribution in [0.25, 0.3) is 0 Å². The fourth-order valence-electron chi connectivity index (χ4n) is 13.4. The van der Waals surface area contributed by atoms with Crippen molar-refractivity contribution in [2.45, 2.75) is 174 Å². The third kappa shape index (κ3) is 6.72. The van der Waals surface area contributed by atoms with E-state index in [-0.39, 0.29) is 40.5 Å². The Kier molecular flexibility index (Phi) is 11.7. The van der Waals surface area contributed by atoms with E-state index in [1.165, 1.54) is 0 Å². The number of carbonyl (C=O) groups is 4. The van der Waals surface area contributed by atoms with Crippen molar-refractivity contribution in [2.24, 2.45) is 50.2 Å². The number of ether oxygens (including phenoxy) is 4. The number of ketones is 1. The monoisotopic (exact) mass is 839 g/mol. The number of rotatable bonds is 7. The standard InChI is InChI=1S/C42H62O16.H3N/c1-37(2)21-8-11-42(7)31(20(43)16-18-19-17-39(4,36(53)54)13-12-38(19,3)14-15-41(18,42)6)40(21,5)10-9-22(37)55-35-30(26(47)25(46)29(57-35)33(51)52)58-34-27(48)23(44)24(45)28(56-34)32(49)50;/h16,19,21-31,34-35,44-48H,8-15,17H2,1-7H3,(H,49,50)(H,51,52)(H,53,54);1H3/t19-,21-,22-,23-,24?,25-,26-,27+,28-,29-,30+,31+,34?,35-,38+,39-,40-,41+,42+;/m0./s1. The van der Waals surface area contributed by atoms with Crippen LogP contribution in [0, 0.1) is 50.2 Å². The van der Waals surface area contributed by atoms with Gasteiger partial charge in [-0.25, -0.2) is 4.79 Å². The Balaban J connectivity index is 0.00000585. The summed E-state index contributed by atoms with van der Waals surface area (Å²) in [7, 11) is 0. The molecule has 11 N–H and O–H groups in total. The maximum absolute atomic E-state index is 14.8. The molecule has 0 aromatic carbocycles. The van der Waals surface area contributed by atoms with Crippen molar-refractivity contribution in [3.8, 4) is 0 Å². The number of aliphatic hydroxyl groups excluding tert-OH is 5. The number of carboxylic acids is 3. The first-order valence-electron chi connectivity index (χ1n) is 20.7. The molecule has 59 heavy (non-hydrogen) atoms. The predicted octanol–water partition coefficient (Wildman–Crippen LogP) is 1.29. The lowest BCUT2D eigenvalue weighted by Crippen LogP contribution is -2.68. The zero-order valence-electron chi connectivity index (χ0n) is 35.3. The highest BCUT2D eigenvalue weighted by Crippen LogP contribution is 2.75. The van der Waals surface area contributed by atoms with Crippen LogP contribution in [-0.2, 0) is 38.1 Å². The van der Waals surface area contributed by atoms with Crippen LogP contribution in [0.4, 0.5) is 0 Å². The van der Waals surface area contributed by atoms with E-state index >= 15 is 0 Å². The summed E-state index contributed by atoms with van der Waals surface area (Å²) in [5, 5.41) is 85.1. The van der Waals surface area contributed by atoms with Gasteiger partial charge >= 0.3 is 11.9 Å². The molecule has 0 bridgehead atoms. The minimum Gasteiger partial charge on any atom is -0.547 e. The van der Waals surface area contributed by atoms with E-state index in [0.717, 1.165) is 24.8 Å². The zero-order chi connectivity index (χ0) is 42.9. The van der Waals surface area contributed by atoms with Crippen molar-refractivity contribution in [1.29, 1.82) is 0 Å². The number of fused-ring (bicyclic) bond motifs is 7. The molecule has 0 radical (unpaired) electrons. The van der Waals surface area contributed by atoms with Crippen molar-refractivity contribution in [1.82, 2.24) is 6.15 Å². The van der Waals surface area contributed by atoms with E-state index in [2.05, 4.69) is 27.7 Å². The topological polar surface area (TPSA) is 306 Å². The first kappa shape index (κ1) is 45.9. The van der Waals surface area contributed by atoms with Gasteiger partial charge in [-0.2, -0.15) is 0 Å². The van der Waals surface area contributed by atoms with Crippen LogP contribution >= 0.6 is 0 Å². The molecule has 7 aliphatic rings. The summed E-state index contributed by atoms with van der Waals surface area (Å²) in [6, 6.07) is 0. The van der Waals surface area contributed by atoms with E-state index < -0.39 is 107 Å². The second kappa shape index (κ2) is 15.1. The number of carbonyl (C=O) groups excluding carboxylic acids is 2. The second-order valence-corrected chi connectivity index (χ2v) is 20.6. The van der Waals surface area contributed by atoms with E-state index in [1.807, 2.05) is 26.8 Å². The van der Waals surface area contributed by atoms with E-state index in [4.69, 9.17) is 18.9 Å². The van der Waals surface area contributed by atoms with Crippen LogP contribution in [0.1, 0.15) is 106 Å². The fourth-order valence-corrected chi connectivity index (χ4v) is 13.4. The van der Waals surface area contributed by atoms with Crippen LogP contribution in [0.5, 0.6) is 0 Å². The van der Waals surface area contributed by atoms with Crippen molar-refractivity contribution in [3.05, 3.63) is 11.6 Å². The molecule has 0 aromatic heterocycles. The van der Waals surface area contributed by atoms with Gasteiger partial charge in [0.25, 0.3) is 0 Å². The van der Waals surface area contributed by atoms with Crippen molar-refractivity contribution < 1.29 is 79.0 Å². The minimum atomic E-state index is -2.11. The number of aliphatic hydroxyl groups is 5. The smallest absolute Gasteiger partial charge is 0.335 e. The summed E-state index contributed by atoms with van der Waals surface area (Å²) >= 11 is 0. The molecule has 0 spiro atoms. The molecule has 17 heteroatoms. The van der Waals surface area contributed by atoms with Gasteiger partial charge in [-0.15, -0.1) is 0 Å². The lowest BCUT2D eigenvalue weighted by molar-refractivity contribution is -0.385. The number of carboxylic acid groups (broad SMARTS) is 3. The number of aliphatic carboxylic acids is 3. The molecule has 2 saturated heterocycles. The Labute approximate surface area is 344 Å². The number of quaternary nitrogens is 1. The molecule has 0 aromatic rings. The van der Waals surface area contributed by atoms with Gasteiger partial charge in [0.1, 0.15) is 42.7 Å². The van der Waals surface area contributed by atoms with Crippen LogP contribution in [0.2, 0.25) is 0 Å². The summed E-state index contributed by atoms with van der Waals surface area (Å²) in [6.07, 6.45) is -12.7. The van der Waals surface area contributed by atoms with Gasteiger partial charge in [0.05, 0.1) is 17.5 Å². The van der Waals surface area contributed by atoms with Gasteiger partial charge in [-0.05, 0) is 110 Å². The summed E-state index contributed by atoms with van der Waals surface area (Å²) < 4.78 is 23.3. The lowest BCUT2D eigenvalue weighted by Gasteiger charge is -2.70. The van der Waals surface area contributed by atoms with Crippen LogP contribution in [-0.4, -0.2) is 127 Å².